The maximum atomic E-state index is 12.7. The van der Waals surface area contributed by atoms with Crippen LogP contribution in [0.15, 0.2) is 59.8 Å². The van der Waals surface area contributed by atoms with E-state index in [1.54, 1.807) is 6.92 Å². The van der Waals surface area contributed by atoms with E-state index < -0.39 is 17.2 Å². The first-order valence-corrected chi connectivity index (χ1v) is 9.74. The molecule has 0 aliphatic carbocycles. The maximum Gasteiger partial charge on any atom is 0.321 e. The molecule has 7 nitrogen and oxygen atoms in total. The average Bonchev–Trinajstić information content (AvgIpc) is 3.16. The molecular weight excluding hydrogens is 374 g/mol. The molecule has 28 heavy (non-hydrogen) atoms. The van der Waals surface area contributed by atoms with Crippen molar-refractivity contribution in [3.05, 3.63) is 65.7 Å². The molecule has 144 valence electrons. The fraction of sp³-hybridized carbons (Fsp3) is 0.200. The molecule has 3 rings (SSSR count). The highest BCUT2D eigenvalue weighted by molar-refractivity contribution is 8.00. The van der Waals surface area contributed by atoms with Crippen LogP contribution in [0.4, 0.5) is 4.79 Å². The van der Waals surface area contributed by atoms with Gasteiger partial charge in [0, 0.05) is 12.1 Å². The van der Waals surface area contributed by atoms with Crippen molar-refractivity contribution in [3.63, 3.8) is 0 Å². The van der Waals surface area contributed by atoms with Crippen LogP contribution in [0.5, 0.6) is 0 Å². The van der Waals surface area contributed by atoms with Gasteiger partial charge in [-0.15, -0.1) is 5.10 Å². The molecule has 0 aliphatic heterocycles. The van der Waals surface area contributed by atoms with Gasteiger partial charge in [-0.1, -0.05) is 71.9 Å². The van der Waals surface area contributed by atoms with Crippen LogP contribution in [-0.2, 0) is 4.79 Å². The van der Waals surface area contributed by atoms with Gasteiger partial charge >= 0.3 is 6.03 Å². The number of hydrogen-bond donors (Lipinski definition) is 3. The summed E-state index contributed by atoms with van der Waals surface area (Å²) >= 11 is 1.18. The number of aromatic nitrogens is 3. The van der Waals surface area contributed by atoms with Crippen molar-refractivity contribution in [3.8, 4) is 11.4 Å². The second-order valence-electron chi connectivity index (χ2n) is 6.09. The lowest BCUT2D eigenvalue weighted by Gasteiger charge is -2.14. The Morgan fingerprint density at radius 1 is 1.11 bits per heavy atom. The largest absolute Gasteiger partial charge is 0.338 e. The van der Waals surface area contributed by atoms with Crippen LogP contribution in [0.25, 0.3) is 11.4 Å². The van der Waals surface area contributed by atoms with Gasteiger partial charge < -0.3 is 5.32 Å². The lowest BCUT2D eigenvalue weighted by atomic mass is 10.1. The van der Waals surface area contributed by atoms with Crippen molar-refractivity contribution in [2.75, 3.05) is 6.54 Å². The molecule has 3 aromatic rings. The summed E-state index contributed by atoms with van der Waals surface area (Å²) in [5.74, 6) is 0.197. The summed E-state index contributed by atoms with van der Waals surface area (Å²) in [6.07, 6.45) is 0. The fourth-order valence-electron chi connectivity index (χ4n) is 2.53. The Kier molecular flexibility index (Phi) is 6.44. The Labute approximate surface area is 167 Å². The van der Waals surface area contributed by atoms with E-state index in [0.29, 0.717) is 17.5 Å². The van der Waals surface area contributed by atoms with Gasteiger partial charge in [-0.2, -0.15) is 0 Å². The summed E-state index contributed by atoms with van der Waals surface area (Å²) in [5.41, 5.74) is 2.83. The van der Waals surface area contributed by atoms with Crippen molar-refractivity contribution in [1.82, 2.24) is 25.8 Å². The number of thioether (sulfide) groups is 1. The van der Waals surface area contributed by atoms with Gasteiger partial charge in [0.15, 0.2) is 5.82 Å². The lowest BCUT2D eigenvalue weighted by molar-refractivity contribution is -0.119. The number of amides is 3. The minimum absolute atomic E-state index is 0.426. The highest BCUT2D eigenvalue weighted by Crippen LogP contribution is 2.34. The number of hydrogen-bond acceptors (Lipinski definition) is 5. The summed E-state index contributed by atoms with van der Waals surface area (Å²) in [6.45, 7) is 4.24. The average molecular weight is 395 g/mol. The first kappa shape index (κ1) is 19.6. The van der Waals surface area contributed by atoms with Crippen LogP contribution in [0.1, 0.15) is 23.3 Å². The van der Waals surface area contributed by atoms with E-state index >= 15 is 0 Å². The number of carbonyl (C=O) groups excluding carboxylic acids is 2. The minimum atomic E-state index is -0.662. The monoisotopic (exact) mass is 395 g/mol. The third-order valence-electron chi connectivity index (χ3n) is 3.93. The summed E-state index contributed by atoms with van der Waals surface area (Å²) in [4.78, 5) is 28.9. The molecule has 0 fully saturated rings. The van der Waals surface area contributed by atoms with E-state index in [-0.39, 0.29) is 0 Å². The zero-order chi connectivity index (χ0) is 19.9. The first-order chi connectivity index (χ1) is 13.6. The first-order valence-electron chi connectivity index (χ1n) is 8.86. The van der Waals surface area contributed by atoms with Gasteiger partial charge in [0.05, 0.1) is 0 Å². The number of carbonyl (C=O) groups is 2. The number of nitrogens with zero attached hydrogens (tertiary/aromatic N) is 2. The Morgan fingerprint density at radius 3 is 2.50 bits per heavy atom. The number of H-pyrrole nitrogens is 1. The maximum absolute atomic E-state index is 12.7. The number of aromatic amines is 1. The highest BCUT2D eigenvalue weighted by atomic mass is 32.2. The van der Waals surface area contributed by atoms with Crippen molar-refractivity contribution in [2.24, 2.45) is 0 Å². The van der Waals surface area contributed by atoms with E-state index in [1.807, 2.05) is 61.5 Å². The molecule has 1 heterocycles. The fourth-order valence-corrected chi connectivity index (χ4v) is 3.44. The summed E-state index contributed by atoms with van der Waals surface area (Å²) in [7, 11) is 0. The number of imide groups is 1. The van der Waals surface area contributed by atoms with Crippen LogP contribution in [0, 0.1) is 6.92 Å². The van der Waals surface area contributed by atoms with E-state index in [1.165, 1.54) is 11.8 Å². The van der Waals surface area contributed by atoms with Gasteiger partial charge in [-0.05, 0) is 19.4 Å². The van der Waals surface area contributed by atoms with Crippen molar-refractivity contribution in [1.29, 1.82) is 0 Å². The molecule has 1 aromatic heterocycles. The van der Waals surface area contributed by atoms with Crippen LogP contribution in [0.2, 0.25) is 0 Å². The molecule has 0 spiro atoms. The van der Waals surface area contributed by atoms with E-state index in [2.05, 4.69) is 25.8 Å². The molecule has 1 unspecified atom stereocenters. The lowest BCUT2D eigenvalue weighted by Crippen LogP contribution is -2.41. The quantitative estimate of drug-likeness (QED) is 0.555. The predicted octanol–water partition coefficient (Wildman–Crippen LogP) is 3.46. The summed E-state index contributed by atoms with van der Waals surface area (Å²) < 4.78 is 0. The summed E-state index contributed by atoms with van der Waals surface area (Å²) in [6, 6.07) is 16.6. The molecule has 8 heteroatoms. The second kappa shape index (κ2) is 9.18. The Hall–Kier alpha value is -3.13. The topological polar surface area (TPSA) is 99.8 Å². The number of benzene rings is 2. The molecule has 3 amide bonds. The van der Waals surface area contributed by atoms with Crippen molar-refractivity contribution < 1.29 is 9.59 Å². The molecule has 3 N–H and O–H groups in total. The van der Waals surface area contributed by atoms with Gasteiger partial charge in [0.25, 0.3) is 0 Å². The minimum Gasteiger partial charge on any atom is -0.338 e. The number of nitrogens with one attached hydrogen (secondary N) is 3. The molecule has 1 atom stereocenters. The Morgan fingerprint density at radius 2 is 1.82 bits per heavy atom. The van der Waals surface area contributed by atoms with Crippen LogP contribution in [-0.4, -0.2) is 33.7 Å². The standard InChI is InChI=1S/C20H21N5O2S/c1-3-21-19(27)23-18(26)16(14-7-5-4-6-8-14)28-20-22-17(24-25-20)15-11-9-13(2)10-12-15/h4-12,16H,3H2,1-2H3,(H,22,24,25)(H2,21,23,26,27). The van der Waals surface area contributed by atoms with Crippen molar-refractivity contribution in [2.45, 2.75) is 24.3 Å². The highest BCUT2D eigenvalue weighted by Gasteiger charge is 2.25. The van der Waals surface area contributed by atoms with Crippen LogP contribution < -0.4 is 10.6 Å². The Balaban J connectivity index is 1.81. The predicted molar refractivity (Wildman–Crippen MR) is 109 cm³/mol. The van der Waals surface area contributed by atoms with Gasteiger partial charge in [-0.3, -0.25) is 15.2 Å². The molecule has 0 aliphatic rings. The van der Waals surface area contributed by atoms with E-state index in [4.69, 9.17) is 0 Å². The zero-order valence-electron chi connectivity index (χ0n) is 15.6. The third-order valence-corrected chi connectivity index (χ3v) is 5.04. The van der Waals surface area contributed by atoms with Crippen LogP contribution >= 0.6 is 11.8 Å². The SMILES string of the molecule is CCNC(=O)NC(=O)C(Sc1n[nH]c(-c2ccc(C)cc2)n1)c1ccccc1. The van der Waals surface area contributed by atoms with Gasteiger partial charge in [0.2, 0.25) is 11.1 Å². The van der Waals surface area contributed by atoms with Gasteiger partial charge in [-0.25, -0.2) is 9.78 Å². The normalized spacial score (nSPS) is 11.6. The molecule has 0 radical (unpaired) electrons. The molecule has 0 bridgehead atoms. The molecular formula is C20H21N5O2S. The zero-order valence-corrected chi connectivity index (χ0v) is 16.4. The summed E-state index contributed by atoms with van der Waals surface area (Å²) in [5, 5.41) is 11.8. The van der Waals surface area contributed by atoms with E-state index in [9.17, 15) is 9.59 Å². The number of urea groups is 1. The van der Waals surface area contributed by atoms with Crippen LogP contribution in [0.3, 0.4) is 0 Å². The number of aryl methyl sites for hydroxylation is 1. The van der Waals surface area contributed by atoms with E-state index in [0.717, 1.165) is 16.7 Å². The third kappa shape index (κ3) is 4.98. The molecule has 0 saturated heterocycles. The Bertz CT molecular complexity index is 941. The van der Waals surface area contributed by atoms with Gasteiger partial charge in [0.1, 0.15) is 5.25 Å². The van der Waals surface area contributed by atoms with Crippen molar-refractivity contribution >= 4 is 23.7 Å². The molecule has 2 aromatic carbocycles. The smallest absolute Gasteiger partial charge is 0.321 e. The second-order valence-corrected chi connectivity index (χ2v) is 7.16. The number of rotatable bonds is 6. The molecule has 0 saturated carbocycles.